The van der Waals surface area contributed by atoms with E-state index in [1.807, 2.05) is 26.0 Å². The molecule has 2 aliphatic rings. The van der Waals surface area contributed by atoms with Crippen molar-refractivity contribution in [1.29, 1.82) is 0 Å². The minimum absolute atomic E-state index is 0. The van der Waals surface area contributed by atoms with Crippen LogP contribution in [0.3, 0.4) is 0 Å². The molecule has 0 unspecified atom stereocenters. The molecule has 0 amide bonds. The van der Waals surface area contributed by atoms with Crippen molar-refractivity contribution in [3.05, 3.63) is 531 Å². The smallest absolute Gasteiger partial charge is 0.491 e. The van der Waals surface area contributed by atoms with Gasteiger partial charge >= 0.3 is 7.12 Å². The van der Waals surface area contributed by atoms with Crippen LogP contribution in [0.4, 0.5) is 13.2 Å². The van der Waals surface area contributed by atoms with Crippen molar-refractivity contribution in [3.63, 3.8) is 0 Å². The SMILES string of the molecule is CC1(C)c2cc(-c3ccc(Cl)cc3F)c(O)cc2-c2cc(O)c(-c3ccc(Cl)cc3F)cc21.CC1(C)c2cc(Br)c(O)cc2-c2cc(O)c(Br)cc21.OB(O)c1ccc(Cl)cc1F.[Pd].c1ccc(P(c2ccccc2)c2ccccc2)cc1.c1ccc(P(c2ccccc2)c2ccccc2)cc1.c1ccc(P(c2ccccc2)c2ccccc2)cc1.c1ccc(P(c2ccccc2)c2ccccc2)cc1. The van der Waals surface area contributed by atoms with Crippen molar-refractivity contribution in [2.45, 2.75) is 38.5 Å². The Morgan fingerprint density at radius 3 is 0.586 bits per heavy atom. The topological polar surface area (TPSA) is 121 Å². The number of fused-ring (bicyclic) bond motifs is 6. The van der Waals surface area contributed by atoms with Crippen LogP contribution >= 0.6 is 98.3 Å². The van der Waals surface area contributed by atoms with Crippen LogP contribution < -0.4 is 69.1 Å². The van der Waals surface area contributed by atoms with E-state index < -0.39 is 61.7 Å². The fourth-order valence-electron chi connectivity index (χ4n) is 16.8. The van der Waals surface area contributed by atoms with Gasteiger partial charge in [0.2, 0.25) is 0 Å². The van der Waals surface area contributed by atoms with E-state index in [2.05, 4.69) is 410 Å². The zero-order valence-electron chi connectivity index (χ0n) is 76.3. The third-order valence-electron chi connectivity index (χ3n) is 23.6. The molecule has 0 aliphatic heterocycles. The fourth-order valence-corrected chi connectivity index (χ4v) is 27.2. The quantitative estimate of drug-likeness (QED) is 0.0449. The van der Waals surface area contributed by atoms with Crippen molar-refractivity contribution in [2.24, 2.45) is 0 Å². The van der Waals surface area contributed by atoms with E-state index in [1.54, 1.807) is 48.5 Å². The molecule has 0 radical (unpaired) electrons. The second kappa shape index (κ2) is 49.2. The van der Waals surface area contributed by atoms with Gasteiger partial charge in [0.25, 0.3) is 0 Å². The van der Waals surface area contributed by atoms with Gasteiger partial charge in [-0.3, -0.25) is 0 Å². The van der Waals surface area contributed by atoms with Gasteiger partial charge in [-0.05, 0) is 269 Å². The van der Waals surface area contributed by atoms with Gasteiger partial charge in [-0.25, -0.2) is 13.2 Å². The molecule has 140 heavy (non-hydrogen) atoms. The third kappa shape index (κ3) is 25.4. The molecule has 20 heteroatoms. The molecule has 6 nitrogen and oxygen atoms in total. The van der Waals surface area contributed by atoms with Crippen molar-refractivity contribution in [2.75, 3.05) is 0 Å². The van der Waals surface area contributed by atoms with Gasteiger partial charge in [-0.2, -0.15) is 0 Å². The summed E-state index contributed by atoms with van der Waals surface area (Å²) in [5, 5.41) is 76.0. The van der Waals surface area contributed by atoms with E-state index in [-0.39, 0.29) is 80.5 Å². The Kier molecular flexibility index (Phi) is 36.6. The van der Waals surface area contributed by atoms with E-state index in [4.69, 9.17) is 44.9 Å². The molecular formula is C120H95BBr2Cl3F3O6P4Pd. The van der Waals surface area contributed by atoms with E-state index in [9.17, 15) is 33.6 Å². The van der Waals surface area contributed by atoms with Crippen LogP contribution in [0.5, 0.6) is 23.0 Å². The average Bonchev–Trinajstić information content (AvgIpc) is 1.57. The Hall–Kier alpha value is -11.6. The number of rotatable bonds is 15. The average molecular weight is 2200 g/mol. The molecule has 700 valence electrons. The first-order valence-corrected chi connectivity index (χ1v) is 52.7. The summed E-state index contributed by atoms with van der Waals surface area (Å²) in [7, 11) is -3.57. The Labute approximate surface area is 867 Å². The molecular weight excluding hydrogens is 2100 g/mol. The van der Waals surface area contributed by atoms with Crippen LogP contribution in [0, 0.1) is 17.5 Å². The summed E-state index contributed by atoms with van der Waals surface area (Å²) in [6, 6.07) is 156. The second-order valence-electron chi connectivity index (χ2n) is 33.4. The summed E-state index contributed by atoms with van der Waals surface area (Å²) in [4.78, 5) is 0. The molecule has 0 saturated carbocycles. The van der Waals surface area contributed by atoms with Gasteiger partial charge in [0.05, 0.1) is 8.95 Å². The van der Waals surface area contributed by atoms with Crippen LogP contribution in [0.15, 0.2) is 476 Å². The predicted octanol–water partition coefficient (Wildman–Crippen LogP) is 27.2. The minimum Gasteiger partial charge on any atom is -0.507 e. The maximum atomic E-state index is 14.6. The Morgan fingerprint density at radius 1 is 0.221 bits per heavy atom. The molecule has 0 spiro atoms. The van der Waals surface area contributed by atoms with Crippen molar-refractivity contribution in [3.8, 4) is 67.5 Å². The molecule has 0 atom stereocenters. The van der Waals surface area contributed by atoms with Crippen LogP contribution in [0.1, 0.15) is 49.9 Å². The number of hydrogen-bond acceptors (Lipinski definition) is 6. The first-order valence-electron chi connectivity index (χ1n) is 44.7. The van der Waals surface area contributed by atoms with Crippen molar-refractivity contribution >= 4 is 175 Å². The third-order valence-corrected chi connectivity index (χ3v) is 35.3. The summed E-state index contributed by atoms with van der Waals surface area (Å²) in [6.45, 7) is 8.28. The summed E-state index contributed by atoms with van der Waals surface area (Å²) >= 11 is 23.9. The summed E-state index contributed by atoms with van der Waals surface area (Å²) in [6.07, 6.45) is 0. The first kappa shape index (κ1) is 104. The van der Waals surface area contributed by atoms with Crippen LogP contribution in [0.25, 0.3) is 44.5 Å². The molecule has 0 saturated heterocycles. The van der Waals surface area contributed by atoms with Crippen LogP contribution in [-0.2, 0) is 31.3 Å². The standard InChI is InChI=1S/C27H18Cl2F2O2.4C18H15P.C15H12Br2O2.C6H5BClFO2.Pd/c1-27(2)21-9-19(15-5-3-13(28)7-23(15)30)25(32)11-17(21)18-12-26(33)20(10-22(18)27)16-6-4-14(29)8-24(16)31;4*1-4-10-16(11-5-1)19(17-12-6-2-7-13-17)18-14-8-3-9-15-18;1-15(2)9-5-11(16)13(18)3-7(9)8-4-14(19)12(17)6-10(8)15;8-4-1-2-5(7(10)11)6(9)3-4;/h3-12,32-33H,1-2H3;4*1-15H;3-6,18-19H,1-2H3;1-3,10-11H;. The molecule has 19 aromatic rings. The van der Waals surface area contributed by atoms with E-state index in [0.29, 0.717) is 20.1 Å². The molecule has 6 N–H and O–H groups in total. The molecule has 2 aliphatic carbocycles. The maximum absolute atomic E-state index is 14.6. The number of phenolic OH excluding ortho intramolecular Hbond substituents is 4. The Balaban J connectivity index is 0.000000132. The zero-order valence-corrected chi connectivity index (χ0v) is 86.9. The van der Waals surface area contributed by atoms with Gasteiger partial charge in [-0.15, -0.1) is 0 Å². The van der Waals surface area contributed by atoms with Gasteiger partial charge in [0.1, 0.15) is 40.4 Å². The largest absolute Gasteiger partial charge is 0.507 e. The van der Waals surface area contributed by atoms with Gasteiger partial charge in [-0.1, -0.05) is 433 Å². The molecule has 0 aromatic heterocycles. The predicted molar refractivity (Wildman–Crippen MR) is 593 cm³/mol. The number of benzene rings is 19. The second-order valence-corrected chi connectivity index (χ2v) is 45.3. The van der Waals surface area contributed by atoms with E-state index in [1.165, 1.54) is 100 Å². The number of halogens is 8. The van der Waals surface area contributed by atoms with Gasteiger partial charge in [0, 0.05) is 74.0 Å². The molecule has 19 aromatic carbocycles. The molecule has 0 fully saturated rings. The maximum Gasteiger partial charge on any atom is 0.491 e. The normalized spacial score (nSPS) is 11.8. The zero-order chi connectivity index (χ0) is 97.7. The summed E-state index contributed by atoms with van der Waals surface area (Å²) in [5.41, 5.74) is 7.67. The van der Waals surface area contributed by atoms with Crippen LogP contribution in [0.2, 0.25) is 15.1 Å². The van der Waals surface area contributed by atoms with Crippen molar-refractivity contribution in [1.82, 2.24) is 0 Å². The summed E-state index contributed by atoms with van der Waals surface area (Å²) in [5.74, 6) is -1.55. The van der Waals surface area contributed by atoms with Crippen molar-refractivity contribution < 1.29 is 64.1 Å². The number of phenols is 4. The minimum atomic E-state index is -1.78. The van der Waals surface area contributed by atoms with Crippen LogP contribution in [-0.4, -0.2) is 37.6 Å². The monoisotopic (exact) mass is 2190 g/mol. The molecule has 21 rings (SSSR count). The molecule has 0 heterocycles. The van der Waals surface area contributed by atoms with Gasteiger partial charge < -0.3 is 30.5 Å². The molecule has 0 bridgehead atoms. The summed E-state index contributed by atoms with van der Waals surface area (Å²) < 4.78 is 43.3. The number of aromatic hydroxyl groups is 4. The number of hydrogen-bond donors (Lipinski definition) is 6. The van der Waals surface area contributed by atoms with E-state index >= 15 is 0 Å². The Bertz CT molecular complexity index is 6300. The van der Waals surface area contributed by atoms with E-state index in [0.717, 1.165) is 50.6 Å². The Morgan fingerprint density at radius 2 is 0.400 bits per heavy atom. The van der Waals surface area contributed by atoms with Gasteiger partial charge in [0.15, 0.2) is 0 Å². The first-order chi connectivity index (χ1) is 67.3. The fraction of sp³-hybridized carbons (Fsp3) is 0.0500.